The molecule has 1 unspecified atom stereocenters. The summed E-state index contributed by atoms with van der Waals surface area (Å²) in [5.74, 6) is 0.682. The topological polar surface area (TPSA) is 21.3 Å². The van der Waals surface area contributed by atoms with E-state index in [1.807, 2.05) is 0 Å². The van der Waals surface area contributed by atoms with Gasteiger partial charge in [-0.3, -0.25) is 0 Å². The van der Waals surface area contributed by atoms with Crippen molar-refractivity contribution in [2.24, 2.45) is 5.41 Å². The molecule has 0 saturated heterocycles. The van der Waals surface area contributed by atoms with Gasteiger partial charge in [0.15, 0.2) is 0 Å². The van der Waals surface area contributed by atoms with E-state index < -0.39 is 0 Å². The largest absolute Gasteiger partial charge is 0.488 e. The lowest BCUT2D eigenvalue weighted by Crippen LogP contribution is -2.37. The molecular formula is C17H24FNO. The third-order valence-electron chi connectivity index (χ3n) is 5.05. The molecule has 0 bridgehead atoms. The molecule has 1 N–H and O–H groups in total. The molecule has 3 rings (SSSR count). The van der Waals surface area contributed by atoms with E-state index in [-0.39, 0.29) is 11.9 Å². The van der Waals surface area contributed by atoms with Gasteiger partial charge in [0.1, 0.15) is 17.7 Å². The van der Waals surface area contributed by atoms with Crippen LogP contribution in [0.3, 0.4) is 0 Å². The molecule has 1 saturated carbocycles. The molecular weight excluding hydrogens is 253 g/mol. The Hall–Kier alpha value is -1.09. The van der Waals surface area contributed by atoms with Crippen LogP contribution in [0.25, 0.3) is 0 Å². The number of halogens is 1. The number of hydrogen-bond acceptors (Lipinski definition) is 2. The molecule has 1 aliphatic heterocycles. The van der Waals surface area contributed by atoms with E-state index in [9.17, 15) is 4.39 Å². The average Bonchev–Trinajstić information content (AvgIpc) is 3.05. The summed E-state index contributed by atoms with van der Waals surface area (Å²) in [5.41, 5.74) is 1.51. The molecule has 110 valence electrons. The summed E-state index contributed by atoms with van der Waals surface area (Å²) in [6.07, 6.45) is 7.69. The molecule has 1 aliphatic carbocycles. The minimum atomic E-state index is -0.170. The Balaban J connectivity index is 1.49. The fourth-order valence-corrected chi connectivity index (χ4v) is 3.68. The van der Waals surface area contributed by atoms with Gasteiger partial charge in [0, 0.05) is 25.1 Å². The highest BCUT2D eigenvalue weighted by Gasteiger charge is 2.32. The smallest absolute Gasteiger partial charge is 0.123 e. The van der Waals surface area contributed by atoms with Crippen molar-refractivity contribution >= 4 is 0 Å². The van der Waals surface area contributed by atoms with Crippen LogP contribution in [-0.2, 0) is 6.42 Å². The van der Waals surface area contributed by atoms with Crippen molar-refractivity contribution < 1.29 is 9.13 Å². The number of fused-ring (bicyclic) bond motifs is 1. The van der Waals surface area contributed by atoms with Crippen LogP contribution in [0, 0.1) is 11.2 Å². The van der Waals surface area contributed by atoms with Crippen LogP contribution >= 0.6 is 0 Å². The molecule has 2 nitrogen and oxygen atoms in total. The van der Waals surface area contributed by atoms with Gasteiger partial charge in [-0.25, -0.2) is 4.39 Å². The van der Waals surface area contributed by atoms with Gasteiger partial charge in [0.05, 0.1) is 0 Å². The molecule has 1 aromatic rings. The van der Waals surface area contributed by atoms with Crippen molar-refractivity contribution in [1.82, 2.24) is 5.32 Å². The maximum atomic E-state index is 13.2. The Morgan fingerprint density at radius 1 is 1.35 bits per heavy atom. The first kappa shape index (κ1) is 13.9. The summed E-state index contributed by atoms with van der Waals surface area (Å²) in [4.78, 5) is 0. The lowest BCUT2D eigenvalue weighted by atomic mass is 9.83. The van der Waals surface area contributed by atoms with Crippen molar-refractivity contribution in [3.05, 3.63) is 29.6 Å². The van der Waals surface area contributed by atoms with Gasteiger partial charge in [-0.1, -0.05) is 19.8 Å². The van der Waals surface area contributed by atoms with Crippen molar-refractivity contribution in [2.45, 2.75) is 51.6 Å². The van der Waals surface area contributed by atoms with Crippen LogP contribution in [0.5, 0.6) is 5.75 Å². The number of benzene rings is 1. The second-order valence-electron chi connectivity index (χ2n) is 6.39. The van der Waals surface area contributed by atoms with Gasteiger partial charge >= 0.3 is 0 Å². The number of nitrogens with one attached hydrogen (secondary N) is 1. The molecule has 1 atom stereocenters. The average molecular weight is 277 g/mol. The second-order valence-corrected chi connectivity index (χ2v) is 6.39. The molecule has 0 radical (unpaired) electrons. The van der Waals surface area contributed by atoms with E-state index >= 15 is 0 Å². The van der Waals surface area contributed by atoms with Gasteiger partial charge in [-0.05, 0) is 42.9 Å². The van der Waals surface area contributed by atoms with Crippen LogP contribution in [-0.4, -0.2) is 19.2 Å². The summed E-state index contributed by atoms with van der Waals surface area (Å²) >= 11 is 0. The van der Waals surface area contributed by atoms with Crippen LogP contribution in [0.4, 0.5) is 4.39 Å². The highest BCUT2D eigenvalue weighted by molar-refractivity contribution is 5.37. The molecule has 3 heteroatoms. The van der Waals surface area contributed by atoms with E-state index in [0.717, 1.165) is 30.8 Å². The Morgan fingerprint density at radius 2 is 2.15 bits per heavy atom. The summed E-state index contributed by atoms with van der Waals surface area (Å²) in [6.45, 7) is 4.25. The lowest BCUT2D eigenvalue weighted by Gasteiger charge is -2.28. The van der Waals surface area contributed by atoms with Crippen molar-refractivity contribution in [3.8, 4) is 5.75 Å². The van der Waals surface area contributed by atoms with E-state index in [1.54, 1.807) is 12.1 Å². The maximum absolute atomic E-state index is 13.2. The zero-order chi connectivity index (χ0) is 14.0. The van der Waals surface area contributed by atoms with Gasteiger partial charge in [-0.15, -0.1) is 0 Å². The fourth-order valence-electron chi connectivity index (χ4n) is 3.68. The number of rotatable bonds is 5. The van der Waals surface area contributed by atoms with Gasteiger partial charge in [0.2, 0.25) is 0 Å². The van der Waals surface area contributed by atoms with Crippen LogP contribution in [0.2, 0.25) is 0 Å². The number of hydrogen-bond donors (Lipinski definition) is 1. The van der Waals surface area contributed by atoms with E-state index in [0.29, 0.717) is 5.41 Å². The van der Waals surface area contributed by atoms with Crippen LogP contribution in [0.15, 0.2) is 18.2 Å². The highest BCUT2D eigenvalue weighted by atomic mass is 19.1. The normalized spacial score (nSPS) is 23.6. The maximum Gasteiger partial charge on any atom is 0.123 e. The standard InChI is InChI=1S/C17H24FNO/c1-2-17(7-3-4-8-17)12-19-11-15-10-13-9-14(18)5-6-16(13)20-15/h5-6,9,15,19H,2-4,7-8,10-12H2,1H3. The van der Waals surface area contributed by atoms with E-state index in [2.05, 4.69) is 12.2 Å². The first-order valence-corrected chi connectivity index (χ1v) is 7.87. The Labute approximate surface area is 120 Å². The first-order valence-electron chi connectivity index (χ1n) is 7.87. The Morgan fingerprint density at radius 3 is 2.90 bits per heavy atom. The zero-order valence-corrected chi connectivity index (χ0v) is 12.3. The quantitative estimate of drug-likeness (QED) is 0.886. The van der Waals surface area contributed by atoms with Crippen molar-refractivity contribution in [1.29, 1.82) is 0 Å². The lowest BCUT2D eigenvalue weighted by molar-refractivity contribution is 0.206. The summed E-state index contributed by atoms with van der Waals surface area (Å²) in [5, 5.41) is 3.59. The molecule has 1 fully saturated rings. The molecule has 1 heterocycles. The van der Waals surface area contributed by atoms with Crippen LogP contribution in [0.1, 0.15) is 44.6 Å². The molecule has 1 aromatic carbocycles. The second kappa shape index (κ2) is 5.72. The van der Waals surface area contributed by atoms with E-state index in [4.69, 9.17) is 4.74 Å². The number of ether oxygens (including phenoxy) is 1. The Kier molecular flexibility index (Phi) is 3.97. The molecule has 2 aliphatic rings. The van der Waals surface area contributed by atoms with Crippen molar-refractivity contribution in [2.75, 3.05) is 13.1 Å². The fraction of sp³-hybridized carbons (Fsp3) is 0.647. The monoisotopic (exact) mass is 277 g/mol. The third-order valence-corrected chi connectivity index (χ3v) is 5.05. The SMILES string of the molecule is CCC1(CNCC2Cc3cc(F)ccc3O2)CCCC1. The zero-order valence-electron chi connectivity index (χ0n) is 12.3. The minimum Gasteiger partial charge on any atom is -0.488 e. The van der Waals surface area contributed by atoms with Crippen molar-refractivity contribution in [3.63, 3.8) is 0 Å². The minimum absolute atomic E-state index is 0.155. The van der Waals surface area contributed by atoms with Gasteiger partial charge in [0.25, 0.3) is 0 Å². The first-order chi connectivity index (χ1) is 9.71. The predicted molar refractivity (Wildman–Crippen MR) is 78.6 cm³/mol. The van der Waals surface area contributed by atoms with Gasteiger partial charge < -0.3 is 10.1 Å². The van der Waals surface area contributed by atoms with Crippen LogP contribution < -0.4 is 10.1 Å². The molecule has 0 amide bonds. The molecule has 20 heavy (non-hydrogen) atoms. The van der Waals surface area contributed by atoms with Gasteiger partial charge in [-0.2, -0.15) is 0 Å². The predicted octanol–water partition coefficient (Wildman–Crippen LogP) is 3.69. The molecule has 0 spiro atoms. The summed E-state index contributed by atoms with van der Waals surface area (Å²) < 4.78 is 19.0. The Bertz CT molecular complexity index is 468. The molecule has 0 aromatic heterocycles. The van der Waals surface area contributed by atoms with E-state index in [1.165, 1.54) is 38.2 Å². The highest BCUT2D eigenvalue weighted by Crippen LogP contribution is 2.40. The summed E-state index contributed by atoms with van der Waals surface area (Å²) in [6, 6.07) is 4.81. The summed E-state index contributed by atoms with van der Waals surface area (Å²) in [7, 11) is 0. The third kappa shape index (κ3) is 2.83.